The van der Waals surface area contributed by atoms with Gasteiger partial charge >= 0.3 is 12.1 Å². The molecule has 2 aliphatic rings. The molecule has 2 heterocycles. The van der Waals surface area contributed by atoms with Crippen LogP contribution in [0.4, 0.5) is 22.0 Å². The molecule has 1 aliphatic heterocycles. The molecule has 1 saturated heterocycles. The Hall–Kier alpha value is -1.25. The average molecular weight is 297 g/mol. The highest BCUT2D eigenvalue weighted by atomic mass is 19.4. The second-order valence-electron chi connectivity index (χ2n) is 5.47. The van der Waals surface area contributed by atoms with Crippen LogP contribution in [-0.4, -0.2) is 34.1 Å². The third-order valence-corrected chi connectivity index (χ3v) is 3.94. The number of alkyl halides is 5. The quantitative estimate of drug-likeness (QED) is 0.787. The Kier molecular flexibility index (Phi) is 2.83. The van der Waals surface area contributed by atoms with Crippen LogP contribution < -0.4 is 0 Å². The largest absolute Gasteiger partial charge is 0.470 e. The maximum Gasteiger partial charge on any atom is 0.470 e. The SMILES string of the molecule is FC(F)(F)c1nnc(CN2CCCC3(C2)CC3(F)F)o1. The Morgan fingerprint density at radius 2 is 1.95 bits per heavy atom. The zero-order valence-electron chi connectivity index (χ0n) is 10.4. The number of halogens is 5. The molecule has 4 nitrogen and oxygen atoms in total. The molecule has 20 heavy (non-hydrogen) atoms. The van der Waals surface area contributed by atoms with Gasteiger partial charge in [-0.25, -0.2) is 8.78 Å². The zero-order chi connectivity index (χ0) is 14.6. The van der Waals surface area contributed by atoms with E-state index >= 15 is 0 Å². The predicted molar refractivity (Wildman–Crippen MR) is 55.8 cm³/mol. The molecule has 1 atom stereocenters. The van der Waals surface area contributed by atoms with Crippen molar-refractivity contribution in [2.45, 2.75) is 37.9 Å². The van der Waals surface area contributed by atoms with E-state index in [1.807, 2.05) is 0 Å². The Bertz CT molecular complexity index is 514. The van der Waals surface area contributed by atoms with E-state index in [0.29, 0.717) is 19.4 Å². The van der Waals surface area contributed by atoms with Crippen molar-refractivity contribution in [1.82, 2.24) is 15.1 Å². The maximum absolute atomic E-state index is 13.3. The van der Waals surface area contributed by atoms with Crippen LogP contribution in [0.1, 0.15) is 31.0 Å². The highest BCUT2D eigenvalue weighted by molar-refractivity contribution is 5.12. The van der Waals surface area contributed by atoms with Crippen molar-refractivity contribution in [3.63, 3.8) is 0 Å². The third-order valence-electron chi connectivity index (χ3n) is 3.94. The first-order valence-electron chi connectivity index (χ1n) is 6.22. The summed E-state index contributed by atoms with van der Waals surface area (Å²) in [5.41, 5.74) is -1.00. The lowest BCUT2D eigenvalue weighted by atomic mass is 9.94. The van der Waals surface area contributed by atoms with E-state index in [2.05, 4.69) is 14.6 Å². The van der Waals surface area contributed by atoms with E-state index in [0.717, 1.165) is 0 Å². The van der Waals surface area contributed by atoms with Crippen LogP contribution in [0.15, 0.2) is 4.42 Å². The molecule has 1 unspecified atom stereocenters. The highest BCUT2D eigenvalue weighted by Gasteiger charge is 2.71. The lowest BCUT2D eigenvalue weighted by molar-refractivity contribution is -0.157. The number of piperidine rings is 1. The molecule has 1 aromatic heterocycles. The van der Waals surface area contributed by atoms with Crippen LogP contribution in [0, 0.1) is 5.41 Å². The lowest BCUT2D eigenvalue weighted by Crippen LogP contribution is -2.38. The fourth-order valence-corrected chi connectivity index (χ4v) is 2.81. The monoisotopic (exact) mass is 297 g/mol. The topological polar surface area (TPSA) is 42.2 Å². The summed E-state index contributed by atoms with van der Waals surface area (Å²) in [7, 11) is 0. The Labute approximate surface area is 110 Å². The van der Waals surface area contributed by atoms with Gasteiger partial charge in [0.15, 0.2) is 0 Å². The molecule has 0 N–H and O–H groups in total. The minimum absolute atomic E-state index is 0.0269. The minimum atomic E-state index is -4.68. The molecular weight excluding hydrogens is 285 g/mol. The second-order valence-corrected chi connectivity index (χ2v) is 5.47. The molecule has 0 radical (unpaired) electrons. The van der Waals surface area contributed by atoms with Gasteiger partial charge in [0, 0.05) is 13.0 Å². The van der Waals surface area contributed by atoms with Crippen LogP contribution in [0.3, 0.4) is 0 Å². The molecule has 1 spiro atoms. The summed E-state index contributed by atoms with van der Waals surface area (Å²) in [5, 5.41) is 6.23. The second kappa shape index (κ2) is 4.12. The Morgan fingerprint density at radius 3 is 2.50 bits per heavy atom. The van der Waals surface area contributed by atoms with Gasteiger partial charge in [0.2, 0.25) is 5.89 Å². The summed E-state index contributed by atoms with van der Waals surface area (Å²) >= 11 is 0. The molecule has 3 rings (SSSR count). The van der Waals surface area contributed by atoms with Crippen molar-refractivity contribution in [2.24, 2.45) is 5.41 Å². The Morgan fingerprint density at radius 1 is 1.25 bits per heavy atom. The molecule has 0 amide bonds. The molecule has 1 saturated carbocycles. The standard InChI is InChI=1S/C11H12F5N3O/c12-10(13)5-9(10)2-1-3-19(6-9)4-7-17-18-8(20-7)11(14,15)16/h1-6H2. The van der Waals surface area contributed by atoms with Crippen molar-refractivity contribution in [3.8, 4) is 0 Å². The van der Waals surface area contributed by atoms with Crippen molar-refractivity contribution in [3.05, 3.63) is 11.8 Å². The van der Waals surface area contributed by atoms with Gasteiger partial charge in [0.1, 0.15) is 0 Å². The van der Waals surface area contributed by atoms with E-state index in [-0.39, 0.29) is 25.4 Å². The molecule has 0 bridgehead atoms. The fourth-order valence-electron chi connectivity index (χ4n) is 2.81. The summed E-state index contributed by atoms with van der Waals surface area (Å²) in [4.78, 5) is 1.65. The van der Waals surface area contributed by atoms with Crippen molar-refractivity contribution >= 4 is 0 Å². The first-order valence-corrected chi connectivity index (χ1v) is 6.22. The summed E-state index contributed by atoms with van der Waals surface area (Å²) in [5.74, 6) is -4.26. The number of aromatic nitrogens is 2. The van der Waals surface area contributed by atoms with Gasteiger partial charge < -0.3 is 4.42 Å². The lowest BCUT2D eigenvalue weighted by Gasteiger charge is -2.31. The van der Waals surface area contributed by atoms with Crippen LogP contribution in [-0.2, 0) is 12.7 Å². The average Bonchev–Trinajstić information content (AvgIpc) is 2.71. The first kappa shape index (κ1) is 13.7. The van der Waals surface area contributed by atoms with E-state index in [9.17, 15) is 22.0 Å². The van der Waals surface area contributed by atoms with Crippen LogP contribution in [0.5, 0.6) is 0 Å². The number of hydrogen-bond donors (Lipinski definition) is 0. The van der Waals surface area contributed by atoms with E-state index in [1.165, 1.54) is 0 Å². The van der Waals surface area contributed by atoms with Crippen molar-refractivity contribution in [2.75, 3.05) is 13.1 Å². The molecule has 9 heteroatoms. The van der Waals surface area contributed by atoms with Gasteiger partial charge in [-0.15, -0.1) is 10.2 Å². The number of hydrogen-bond acceptors (Lipinski definition) is 4. The van der Waals surface area contributed by atoms with Crippen LogP contribution >= 0.6 is 0 Å². The molecule has 112 valence electrons. The smallest absolute Gasteiger partial charge is 0.416 e. The minimum Gasteiger partial charge on any atom is -0.416 e. The zero-order valence-corrected chi connectivity index (χ0v) is 10.4. The van der Waals surface area contributed by atoms with Gasteiger partial charge in [-0.2, -0.15) is 13.2 Å². The molecule has 1 aliphatic carbocycles. The van der Waals surface area contributed by atoms with E-state index in [4.69, 9.17) is 0 Å². The summed E-state index contributed by atoms with van der Waals surface area (Å²) in [6, 6.07) is 0. The first-order chi connectivity index (χ1) is 9.22. The fraction of sp³-hybridized carbons (Fsp3) is 0.818. The Balaban J connectivity index is 1.65. The summed E-state index contributed by atoms with van der Waals surface area (Å²) in [6.45, 7) is 0.673. The normalized spacial score (nSPS) is 29.9. The van der Waals surface area contributed by atoms with Gasteiger partial charge in [0.05, 0.1) is 12.0 Å². The van der Waals surface area contributed by atoms with E-state index < -0.39 is 23.4 Å². The molecule has 2 fully saturated rings. The third kappa shape index (κ3) is 2.27. The van der Waals surface area contributed by atoms with E-state index in [1.54, 1.807) is 4.90 Å². The molecule has 0 aromatic carbocycles. The summed E-state index contributed by atoms with van der Waals surface area (Å²) in [6.07, 6.45) is -3.78. The van der Waals surface area contributed by atoms with Crippen LogP contribution in [0.2, 0.25) is 0 Å². The molecular formula is C11H12F5N3O. The van der Waals surface area contributed by atoms with Gasteiger partial charge in [-0.05, 0) is 19.4 Å². The highest BCUT2D eigenvalue weighted by Crippen LogP contribution is 2.64. The predicted octanol–water partition coefficient (Wildman–Crippen LogP) is 2.71. The maximum atomic E-state index is 13.3. The van der Waals surface area contributed by atoms with Crippen LogP contribution in [0.25, 0.3) is 0 Å². The van der Waals surface area contributed by atoms with Gasteiger partial charge in [-0.1, -0.05) is 0 Å². The number of likely N-dealkylation sites (tertiary alicyclic amines) is 1. The summed E-state index contributed by atoms with van der Waals surface area (Å²) < 4.78 is 68.1. The number of nitrogens with zero attached hydrogens (tertiary/aromatic N) is 3. The van der Waals surface area contributed by atoms with Gasteiger partial charge in [0.25, 0.3) is 5.92 Å². The number of rotatable bonds is 2. The van der Waals surface area contributed by atoms with Gasteiger partial charge in [-0.3, -0.25) is 4.90 Å². The molecule has 1 aromatic rings. The van der Waals surface area contributed by atoms with Crippen molar-refractivity contribution in [1.29, 1.82) is 0 Å². The van der Waals surface area contributed by atoms with Crippen molar-refractivity contribution < 1.29 is 26.4 Å².